The smallest absolute Gasteiger partial charge is 0.320 e. The van der Waals surface area contributed by atoms with Gasteiger partial charge in [0.2, 0.25) is 17.7 Å². The van der Waals surface area contributed by atoms with Crippen LogP contribution in [0.1, 0.15) is 39.0 Å². The van der Waals surface area contributed by atoms with Gasteiger partial charge in [-0.2, -0.15) is 11.8 Å². The zero-order chi connectivity index (χ0) is 23.5. The van der Waals surface area contributed by atoms with Crippen LogP contribution in [0.25, 0.3) is 0 Å². The van der Waals surface area contributed by atoms with Crippen molar-refractivity contribution < 1.29 is 24.3 Å². The summed E-state index contributed by atoms with van der Waals surface area (Å²) >= 11 is 1.47. The Labute approximate surface area is 188 Å². The number of amides is 3. The largest absolute Gasteiger partial charge is 0.480 e. The first-order chi connectivity index (χ1) is 14.8. The molecule has 0 unspecified atom stereocenters. The van der Waals surface area contributed by atoms with E-state index in [2.05, 4.69) is 21.3 Å². The van der Waals surface area contributed by atoms with Crippen molar-refractivity contribution in [2.75, 3.05) is 44.2 Å². The van der Waals surface area contributed by atoms with Crippen molar-refractivity contribution in [1.29, 1.82) is 0 Å². The van der Waals surface area contributed by atoms with Crippen LogP contribution in [0.4, 0.5) is 0 Å². The van der Waals surface area contributed by atoms with E-state index in [4.69, 9.17) is 16.6 Å². The Kier molecular flexibility index (Phi) is 17.7. The van der Waals surface area contributed by atoms with Crippen LogP contribution in [0.15, 0.2) is 0 Å². The van der Waals surface area contributed by atoms with E-state index in [1.165, 1.54) is 11.8 Å². The molecule has 0 bridgehead atoms. The van der Waals surface area contributed by atoms with E-state index in [1.54, 1.807) is 0 Å². The predicted octanol–water partition coefficient (Wildman–Crippen LogP) is -1.63. The molecule has 0 fully saturated rings. The quantitative estimate of drug-likeness (QED) is 0.110. The van der Waals surface area contributed by atoms with Crippen molar-refractivity contribution in [2.24, 2.45) is 11.5 Å². The molecule has 180 valence electrons. The normalized spacial score (nSPS) is 12.6. The molecule has 12 heteroatoms. The molecule has 0 aromatic heterocycles. The molecule has 0 saturated heterocycles. The van der Waals surface area contributed by atoms with Crippen LogP contribution in [0.3, 0.4) is 0 Å². The number of hydrogen-bond acceptors (Lipinski definition) is 8. The molecule has 0 aliphatic rings. The minimum atomic E-state index is -1.18. The number of carboxylic acids is 1. The molecule has 2 atom stereocenters. The molecule has 31 heavy (non-hydrogen) atoms. The second-order valence-electron chi connectivity index (χ2n) is 6.93. The molecule has 3 amide bonds. The van der Waals surface area contributed by atoms with E-state index < -0.39 is 29.9 Å². The van der Waals surface area contributed by atoms with Gasteiger partial charge in [-0.05, 0) is 51.1 Å². The molecule has 11 nitrogen and oxygen atoms in total. The molecule has 0 aliphatic carbocycles. The van der Waals surface area contributed by atoms with Gasteiger partial charge in [0.15, 0.2) is 0 Å². The third-order valence-corrected chi connectivity index (χ3v) is 5.20. The Morgan fingerprint density at radius 1 is 1.00 bits per heavy atom. The minimum Gasteiger partial charge on any atom is -0.480 e. The Morgan fingerprint density at radius 3 is 2.35 bits per heavy atom. The number of rotatable bonds is 19. The lowest BCUT2D eigenvalue weighted by atomic mass is 10.1. The van der Waals surface area contributed by atoms with E-state index in [0.29, 0.717) is 18.8 Å². The van der Waals surface area contributed by atoms with Gasteiger partial charge in [-0.25, -0.2) is 0 Å². The maximum absolute atomic E-state index is 12.4. The van der Waals surface area contributed by atoms with Gasteiger partial charge in [0.1, 0.15) is 12.1 Å². The van der Waals surface area contributed by atoms with Gasteiger partial charge in [0.25, 0.3) is 0 Å². The van der Waals surface area contributed by atoms with Crippen LogP contribution in [0.2, 0.25) is 0 Å². The highest BCUT2D eigenvalue weighted by Gasteiger charge is 2.22. The number of carbonyl (C=O) groups excluding carboxylic acids is 3. The van der Waals surface area contributed by atoms with Crippen molar-refractivity contribution in [3.05, 3.63) is 0 Å². The fraction of sp³-hybridized carbons (Fsp3) is 0.789. The number of unbranched alkanes of at least 4 members (excludes halogenated alkanes) is 1. The van der Waals surface area contributed by atoms with Crippen molar-refractivity contribution in [1.82, 2.24) is 21.3 Å². The Balaban J connectivity index is 4.20. The predicted molar refractivity (Wildman–Crippen MR) is 122 cm³/mol. The number of nitrogens with two attached hydrogens (primary N) is 2. The third-order valence-electron chi connectivity index (χ3n) is 4.22. The maximum Gasteiger partial charge on any atom is 0.320 e. The Morgan fingerprint density at radius 2 is 1.71 bits per heavy atom. The van der Waals surface area contributed by atoms with Gasteiger partial charge in [0, 0.05) is 18.7 Å². The van der Waals surface area contributed by atoms with Crippen molar-refractivity contribution in [2.45, 2.75) is 51.1 Å². The highest BCUT2D eigenvalue weighted by atomic mass is 32.2. The van der Waals surface area contributed by atoms with E-state index >= 15 is 0 Å². The molecule has 0 saturated carbocycles. The summed E-state index contributed by atoms with van der Waals surface area (Å²) in [6.45, 7) is 4.60. The van der Waals surface area contributed by atoms with E-state index in [-0.39, 0.29) is 25.3 Å². The van der Waals surface area contributed by atoms with Gasteiger partial charge >= 0.3 is 5.97 Å². The van der Waals surface area contributed by atoms with Gasteiger partial charge < -0.3 is 37.8 Å². The number of carboxylic acid groups (broad SMARTS) is 1. The Bertz CT molecular complexity index is 552. The van der Waals surface area contributed by atoms with Crippen molar-refractivity contribution in [3.63, 3.8) is 0 Å². The molecular weight excluding hydrogens is 424 g/mol. The second-order valence-corrected chi connectivity index (χ2v) is 8.25. The lowest BCUT2D eigenvalue weighted by Crippen LogP contribution is -2.50. The van der Waals surface area contributed by atoms with Gasteiger partial charge in [0.05, 0.1) is 6.54 Å². The standard InChI is InChI=1S/C19H38N6O5S/c1-2-31-13-15(25-16(26)7-6-14(21)19(29)30)18(28)24-12-17(27)23-11-5-10-22-9-4-3-8-20/h14-15,22H,2-13,20-21H2,1H3,(H,23,27)(H,24,28)(H,25,26)(H,29,30)/t14-,15-/m0/s1. The van der Waals surface area contributed by atoms with Crippen LogP contribution >= 0.6 is 11.8 Å². The summed E-state index contributed by atoms with van der Waals surface area (Å²) in [5.41, 5.74) is 10.8. The zero-order valence-electron chi connectivity index (χ0n) is 18.3. The molecule has 9 N–H and O–H groups in total. The lowest BCUT2D eigenvalue weighted by Gasteiger charge is -2.18. The molecule has 0 radical (unpaired) electrons. The summed E-state index contributed by atoms with van der Waals surface area (Å²) in [5, 5.41) is 19.9. The molecule has 0 aromatic carbocycles. The van der Waals surface area contributed by atoms with Crippen LogP contribution in [0.5, 0.6) is 0 Å². The first kappa shape index (κ1) is 29.1. The number of aliphatic carboxylic acids is 1. The fourth-order valence-corrected chi connectivity index (χ4v) is 3.11. The van der Waals surface area contributed by atoms with Crippen LogP contribution in [-0.4, -0.2) is 85.1 Å². The average molecular weight is 463 g/mol. The summed E-state index contributed by atoms with van der Waals surface area (Å²) in [5.74, 6) is -1.32. The molecule has 0 spiro atoms. The van der Waals surface area contributed by atoms with Crippen molar-refractivity contribution in [3.8, 4) is 0 Å². The van der Waals surface area contributed by atoms with Crippen LogP contribution < -0.4 is 32.7 Å². The first-order valence-corrected chi connectivity index (χ1v) is 11.8. The van der Waals surface area contributed by atoms with E-state index in [9.17, 15) is 19.2 Å². The summed E-state index contributed by atoms with van der Waals surface area (Å²) in [4.78, 5) is 47.0. The highest BCUT2D eigenvalue weighted by Crippen LogP contribution is 2.04. The average Bonchev–Trinajstić information content (AvgIpc) is 2.74. The van der Waals surface area contributed by atoms with Crippen LogP contribution in [-0.2, 0) is 19.2 Å². The maximum atomic E-state index is 12.4. The van der Waals surface area contributed by atoms with Gasteiger partial charge in [-0.15, -0.1) is 0 Å². The van der Waals surface area contributed by atoms with E-state index in [0.717, 1.165) is 38.1 Å². The number of hydrogen-bond donors (Lipinski definition) is 7. The fourth-order valence-electron chi connectivity index (χ4n) is 2.41. The summed E-state index contributed by atoms with van der Waals surface area (Å²) < 4.78 is 0. The molecule has 0 rings (SSSR count). The zero-order valence-corrected chi connectivity index (χ0v) is 19.1. The second kappa shape index (κ2) is 18.8. The summed E-state index contributed by atoms with van der Waals surface area (Å²) in [6.07, 6.45) is 2.65. The molecular formula is C19H38N6O5S. The van der Waals surface area contributed by atoms with E-state index in [1.807, 2.05) is 6.92 Å². The topological polar surface area (TPSA) is 189 Å². The number of nitrogens with one attached hydrogen (secondary N) is 4. The molecule has 0 aromatic rings. The molecule has 0 aliphatic heterocycles. The highest BCUT2D eigenvalue weighted by molar-refractivity contribution is 7.99. The monoisotopic (exact) mass is 462 g/mol. The minimum absolute atomic E-state index is 0.0271. The summed E-state index contributed by atoms with van der Waals surface area (Å²) in [6, 6.07) is -1.95. The van der Waals surface area contributed by atoms with Gasteiger partial charge in [-0.3, -0.25) is 19.2 Å². The SMILES string of the molecule is CCSC[C@H](NC(=O)CC[C@H](N)C(=O)O)C(=O)NCC(=O)NCCCNCCCCN. The first-order valence-electron chi connectivity index (χ1n) is 10.6. The summed E-state index contributed by atoms with van der Waals surface area (Å²) in [7, 11) is 0. The van der Waals surface area contributed by atoms with Crippen molar-refractivity contribution >= 4 is 35.5 Å². The number of thioether (sulfide) groups is 1. The third kappa shape index (κ3) is 16.5. The van der Waals surface area contributed by atoms with Gasteiger partial charge in [-0.1, -0.05) is 6.92 Å². The van der Waals surface area contributed by atoms with Crippen LogP contribution in [0, 0.1) is 0 Å². The Hall–Kier alpha value is -1.89. The number of carbonyl (C=O) groups is 4. The lowest BCUT2D eigenvalue weighted by molar-refractivity contribution is -0.138. The molecule has 0 heterocycles.